The second-order valence-corrected chi connectivity index (χ2v) is 6.81. The van der Waals surface area contributed by atoms with E-state index in [1.807, 2.05) is 36.4 Å². The fourth-order valence-electron chi connectivity index (χ4n) is 3.40. The maximum atomic E-state index is 11.1. The fraction of sp³-hybridized carbons (Fsp3) is 0.0435. The van der Waals surface area contributed by atoms with E-state index < -0.39 is 4.92 Å². The molecule has 3 aromatic carbocycles. The number of hydrogen-bond acceptors (Lipinski definition) is 6. The largest absolute Gasteiger partial charge is 0.507 e. The number of non-ortho nitro benzene ring substituents is 1. The van der Waals surface area contributed by atoms with Gasteiger partial charge in [-0.3, -0.25) is 15.1 Å². The number of hydrogen-bond donors (Lipinski definition) is 2. The molecular formula is C23H17N3O4. The van der Waals surface area contributed by atoms with Crippen molar-refractivity contribution in [3.8, 4) is 16.9 Å². The Bertz CT molecular complexity index is 1280. The molecule has 0 radical (unpaired) electrons. The van der Waals surface area contributed by atoms with Crippen LogP contribution in [0.3, 0.4) is 0 Å². The highest BCUT2D eigenvalue weighted by molar-refractivity contribution is 5.89. The number of phenols is 1. The molecule has 7 heteroatoms. The summed E-state index contributed by atoms with van der Waals surface area (Å²) in [7, 11) is 0. The standard InChI is InChI=1S/C23H17N3O4/c27-23-18(14-24-28)10-15(11-19-9-8-16-4-1-2-7-22(16)25-19)12-21(23)17-5-3-6-20(13-17)26(29)30/h1-10,12-14,27-28H,11H2. The zero-order valence-electron chi connectivity index (χ0n) is 15.8. The maximum Gasteiger partial charge on any atom is 0.270 e. The number of rotatable bonds is 5. The average Bonchev–Trinajstić information content (AvgIpc) is 2.76. The number of nitro groups is 1. The van der Waals surface area contributed by atoms with Gasteiger partial charge in [0.25, 0.3) is 5.69 Å². The fourth-order valence-corrected chi connectivity index (χ4v) is 3.40. The van der Waals surface area contributed by atoms with Crippen molar-refractivity contribution in [3.63, 3.8) is 0 Å². The molecule has 30 heavy (non-hydrogen) atoms. The van der Waals surface area contributed by atoms with Gasteiger partial charge in [-0.15, -0.1) is 0 Å². The summed E-state index contributed by atoms with van der Waals surface area (Å²) >= 11 is 0. The number of pyridine rings is 1. The molecule has 0 spiro atoms. The van der Waals surface area contributed by atoms with E-state index in [-0.39, 0.29) is 11.4 Å². The van der Waals surface area contributed by atoms with Crippen molar-refractivity contribution in [1.29, 1.82) is 0 Å². The Labute approximate surface area is 171 Å². The summed E-state index contributed by atoms with van der Waals surface area (Å²) in [6, 6.07) is 21.2. The Balaban J connectivity index is 1.80. The van der Waals surface area contributed by atoms with Gasteiger partial charge in [0, 0.05) is 40.8 Å². The number of nitro benzene ring substituents is 1. The van der Waals surface area contributed by atoms with Gasteiger partial charge in [-0.25, -0.2) is 0 Å². The van der Waals surface area contributed by atoms with Gasteiger partial charge in [-0.05, 0) is 35.4 Å². The lowest BCUT2D eigenvalue weighted by Crippen LogP contribution is -1.97. The molecule has 0 saturated carbocycles. The molecule has 0 bridgehead atoms. The van der Waals surface area contributed by atoms with Gasteiger partial charge in [0.05, 0.1) is 16.7 Å². The molecule has 0 amide bonds. The molecule has 4 aromatic rings. The van der Waals surface area contributed by atoms with Crippen LogP contribution in [0.25, 0.3) is 22.0 Å². The molecule has 0 fully saturated rings. The van der Waals surface area contributed by atoms with Gasteiger partial charge >= 0.3 is 0 Å². The van der Waals surface area contributed by atoms with Crippen LogP contribution in [0, 0.1) is 10.1 Å². The highest BCUT2D eigenvalue weighted by Crippen LogP contribution is 2.35. The SMILES string of the molecule is O=[N+]([O-])c1cccc(-c2cc(Cc3ccc4ccccc4n3)cc(C=NO)c2O)c1. The first kappa shape index (κ1) is 19.1. The number of aromatic nitrogens is 1. The summed E-state index contributed by atoms with van der Waals surface area (Å²) in [5, 5.41) is 34.8. The van der Waals surface area contributed by atoms with Gasteiger partial charge in [-0.1, -0.05) is 41.6 Å². The second kappa shape index (κ2) is 8.00. The lowest BCUT2D eigenvalue weighted by molar-refractivity contribution is -0.384. The second-order valence-electron chi connectivity index (χ2n) is 6.81. The first-order valence-electron chi connectivity index (χ1n) is 9.18. The number of para-hydroxylation sites is 1. The third-order valence-electron chi connectivity index (χ3n) is 4.81. The van der Waals surface area contributed by atoms with Crippen LogP contribution in [0.5, 0.6) is 5.75 Å². The van der Waals surface area contributed by atoms with Crippen LogP contribution in [0.1, 0.15) is 16.8 Å². The van der Waals surface area contributed by atoms with E-state index in [1.165, 1.54) is 12.1 Å². The number of nitrogens with zero attached hydrogens (tertiary/aromatic N) is 3. The van der Waals surface area contributed by atoms with Crippen LogP contribution in [0.2, 0.25) is 0 Å². The Morgan fingerprint density at radius 2 is 1.87 bits per heavy atom. The van der Waals surface area contributed by atoms with Crippen molar-refractivity contribution >= 4 is 22.8 Å². The maximum absolute atomic E-state index is 11.1. The van der Waals surface area contributed by atoms with E-state index in [0.29, 0.717) is 23.1 Å². The molecule has 0 aliphatic heterocycles. The van der Waals surface area contributed by atoms with Crippen LogP contribution < -0.4 is 0 Å². The minimum atomic E-state index is -0.487. The van der Waals surface area contributed by atoms with E-state index in [4.69, 9.17) is 5.21 Å². The summed E-state index contributed by atoms with van der Waals surface area (Å²) in [4.78, 5) is 15.3. The molecule has 1 heterocycles. The number of phenolic OH excluding ortho intramolecular Hbond substituents is 1. The highest BCUT2D eigenvalue weighted by Gasteiger charge is 2.15. The third kappa shape index (κ3) is 3.81. The van der Waals surface area contributed by atoms with Crippen LogP contribution >= 0.6 is 0 Å². The normalized spacial score (nSPS) is 11.2. The van der Waals surface area contributed by atoms with E-state index in [9.17, 15) is 15.2 Å². The molecule has 0 saturated heterocycles. The first-order valence-corrected chi connectivity index (χ1v) is 9.18. The number of aromatic hydroxyl groups is 1. The monoisotopic (exact) mass is 399 g/mol. The Morgan fingerprint density at radius 1 is 1.03 bits per heavy atom. The van der Waals surface area contributed by atoms with Gasteiger partial charge in [0.1, 0.15) is 5.75 Å². The number of fused-ring (bicyclic) bond motifs is 1. The van der Waals surface area contributed by atoms with Crippen LogP contribution in [-0.4, -0.2) is 26.4 Å². The molecule has 0 aliphatic rings. The van der Waals surface area contributed by atoms with Gasteiger partial charge in [-0.2, -0.15) is 0 Å². The smallest absolute Gasteiger partial charge is 0.270 e. The minimum Gasteiger partial charge on any atom is -0.507 e. The zero-order valence-corrected chi connectivity index (χ0v) is 15.8. The number of benzene rings is 3. The van der Waals surface area contributed by atoms with E-state index in [1.54, 1.807) is 24.3 Å². The topological polar surface area (TPSA) is 109 Å². The zero-order chi connectivity index (χ0) is 21.1. The lowest BCUT2D eigenvalue weighted by Gasteiger charge is -2.11. The van der Waals surface area contributed by atoms with Crippen molar-refractivity contribution in [2.24, 2.45) is 5.16 Å². The van der Waals surface area contributed by atoms with E-state index in [2.05, 4.69) is 10.1 Å². The summed E-state index contributed by atoms with van der Waals surface area (Å²) < 4.78 is 0. The summed E-state index contributed by atoms with van der Waals surface area (Å²) in [6.07, 6.45) is 1.60. The predicted octanol–water partition coefficient (Wildman–Crippen LogP) is 4.91. The summed E-state index contributed by atoms with van der Waals surface area (Å²) in [5.41, 5.74) is 3.64. The van der Waals surface area contributed by atoms with Crippen LogP contribution in [0.15, 0.2) is 78.0 Å². The van der Waals surface area contributed by atoms with Crippen LogP contribution in [-0.2, 0) is 6.42 Å². The summed E-state index contributed by atoms with van der Waals surface area (Å²) in [6.45, 7) is 0. The lowest BCUT2D eigenvalue weighted by atomic mass is 9.96. The average molecular weight is 399 g/mol. The van der Waals surface area contributed by atoms with Crippen molar-refractivity contribution in [2.45, 2.75) is 6.42 Å². The predicted molar refractivity (Wildman–Crippen MR) is 114 cm³/mol. The Hall–Kier alpha value is -4.26. The van der Waals surface area contributed by atoms with E-state index in [0.717, 1.165) is 28.4 Å². The first-order chi connectivity index (χ1) is 14.5. The third-order valence-corrected chi connectivity index (χ3v) is 4.81. The van der Waals surface area contributed by atoms with Gasteiger partial charge < -0.3 is 10.3 Å². The molecule has 4 rings (SSSR count). The van der Waals surface area contributed by atoms with Crippen molar-refractivity contribution < 1.29 is 15.2 Å². The Kier molecular flexibility index (Phi) is 5.09. The molecule has 0 atom stereocenters. The molecule has 148 valence electrons. The molecule has 2 N–H and O–H groups in total. The quantitative estimate of drug-likeness (QED) is 0.214. The molecule has 0 aliphatic carbocycles. The molecule has 0 unspecified atom stereocenters. The van der Waals surface area contributed by atoms with E-state index >= 15 is 0 Å². The van der Waals surface area contributed by atoms with Crippen molar-refractivity contribution in [3.05, 3.63) is 99.7 Å². The molecule has 7 nitrogen and oxygen atoms in total. The highest BCUT2D eigenvalue weighted by atomic mass is 16.6. The van der Waals surface area contributed by atoms with Crippen LogP contribution in [0.4, 0.5) is 5.69 Å². The molecule has 1 aromatic heterocycles. The summed E-state index contributed by atoms with van der Waals surface area (Å²) in [5.74, 6) is -0.122. The van der Waals surface area contributed by atoms with Crippen molar-refractivity contribution in [2.75, 3.05) is 0 Å². The number of oxime groups is 1. The van der Waals surface area contributed by atoms with Crippen molar-refractivity contribution in [1.82, 2.24) is 4.98 Å². The molecular weight excluding hydrogens is 382 g/mol. The Morgan fingerprint density at radius 3 is 2.67 bits per heavy atom. The van der Waals surface area contributed by atoms with Gasteiger partial charge in [0.15, 0.2) is 0 Å². The van der Waals surface area contributed by atoms with Gasteiger partial charge in [0.2, 0.25) is 0 Å². The minimum absolute atomic E-state index is 0.0779.